The van der Waals surface area contributed by atoms with Gasteiger partial charge in [-0.3, -0.25) is 9.59 Å². The molecule has 0 bridgehead atoms. The zero-order valence-corrected chi connectivity index (χ0v) is 13.9. The lowest BCUT2D eigenvalue weighted by Crippen LogP contribution is -2.15. The summed E-state index contributed by atoms with van der Waals surface area (Å²) < 4.78 is 0. The van der Waals surface area contributed by atoms with Crippen molar-refractivity contribution < 1.29 is 9.59 Å². The Hall–Kier alpha value is -1.26. The molecule has 0 spiro atoms. The molecule has 1 rings (SSSR count). The van der Waals surface area contributed by atoms with Gasteiger partial charge in [-0.25, -0.2) is 0 Å². The first-order chi connectivity index (χ1) is 9.83. The molecule has 0 aliphatic carbocycles. The molecular formula is C15H20Cl2N2O2. The summed E-state index contributed by atoms with van der Waals surface area (Å²) in [6, 6.07) is 3.09. The zero-order valence-electron chi connectivity index (χ0n) is 12.4. The normalized spacial score (nSPS) is 10.6. The van der Waals surface area contributed by atoms with Crippen LogP contribution in [-0.2, 0) is 9.59 Å². The van der Waals surface area contributed by atoms with Crippen molar-refractivity contribution in [3.8, 4) is 0 Å². The minimum atomic E-state index is -0.120. The van der Waals surface area contributed by atoms with Crippen LogP contribution in [0.1, 0.15) is 40.0 Å². The molecule has 0 aromatic heterocycles. The summed E-state index contributed by atoms with van der Waals surface area (Å²) in [5.74, 6) is 0.0182. The maximum absolute atomic E-state index is 11.8. The average Bonchev–Trinajstić information content (AvgIpc) is 2.34. The van der Waals surface area contributed by atoms with Crippen LogP contribution < -0.4 is 10.6 Å². The molecule has 0 aliphatic heterocycles. The second-order valence-electron chi connectivity index (χ2n) is 5.26. The minimum Gasteiger partial charge on any atom is -0.325 e. The minimum absolute atomic E-state index is 0.118. The fourth-order valence-corrected chi connectivity index (χ4v) is 2.17. The van der Waals surface area contributed by atoms with E-state index in [2.05, 4.69) is 10.6 Å². The van der Waals surface area contributed by atoms with Crippen LogP contribution in [0.15, 0.2) is 12.1 Å². The van der Waals surface area contributed by atoms with E-state index in [0.29, 0.717) is 34.3 Å². The molecule has 2 N–H and O–H groups in total. The molecule has 0 heterocycles. The number of nitrogens with one attached hydrogen (secondary N) is 2. The lowest BCUT2D eigenvalue weighted by molar-refractivity contribution is -0.117. The van der Waals surface area contributed by atoms with Crippen molar-refractivity contribution >= 4 is 46.4 Å². The van der Waals surface area contributed by atoms with Gasteiger partial charge in [0.1, 0.15) is 0 Å². The van der Waals surface area contributed by atoms with Gasteiger partial charge in [-0.2, -0.15) is 0 Å². The molecule has 0 saturated heterocycles. The molecule has 0 saturated carbocycles. The van der Waals surface area contributed by atoms with E-state index in [4.69, 9.17) is 23.2 Å². The zero-order chi connectivity index (χ0) is 16.0. The van der Waals surface area contributed by atoms with Crippen LogP contribution >= 0.6 is 23.2 Å². The maximum atomic E-state index is 11.8. The van der Waals surface area contributed by atoms with Crippen LogP contribution in [0.5, 0.6) is 0 Å². The molecule has 0 radical (unpaired) electrons. The van der Waals surface area contributed by atoms with Gasteiger partial charge < -0.3 is 10.6 Å². The molecule has 116 valence electrons. The number of anilines is 2. The Kier molecular flexibility index (Phi) is 6.99. The summed E-state index contributed by atoms with van der Waals surface area (Å²) >= 11 is 12.2. The van der Waals surface area contributed by atoms with Crippen LogP contribution in [0.25, 0.3) is 0 Å². The molecule has 0 aliphatic rings. The first kappa shape index (κ1) is 17.8. The van der Waals surface area contributed by atoms with Gasteiger partial charge in [0, 0.05) is 12.8 Å². The number of benzene rings is 1. The fourth-order valence-electron chi connectivity index (χ4n) is 1.75. The molecule has 0 fully saturated rings. The van der Waals surface area contributed by atoms with Gasteiger partial charge in [0.15, 0.2) is 0 Å². The number of amides is 2. The summed E-state index contributed by atoms with van der Waals surface area (Å²) in [7, 11) is 0. The number of carbonyl (C=O) groups excluding carboxylic acids is 2. The summed E-state index contributed by atoms with van der Waals surface area (Å²) in [6.07, 6.45) is 1.57. The van der Waals surface area contributed by atoms with Crippen LogP contribution in [0.2, 0.25) is 10.0 Å². The molecule has 6 heteroatoms. The van der Waals surface area contributed by atoms with E-state index in [-0.39, 0.29) is 17.7 Å². The number of halogens is 2. The number of rotatable bonds is 6. The topological polar surface area (TPSA) is 58.2 Å². The monoisotopic (exact) mass is 330 g/mol. The molecule has 1 aromatic rings. The van der Waals surface area contributed by atoms with E-state index in [1.165, 1.54) is 0 Å². The van der Waals surface area contributed by atoms with Crippen molar-refractivity contribution in [3.63, 3.8) is 0 Å². The third-order valence-electron chi connectivity index (χ3n) is 2.68. The van der Waals surface area contributed by atoms with Crippen LogP contribution in [0.4, 0.5) is 11.4 Å². The Labute approximate surface area is 135 Å². The van der Waals surface area contributed by atoms with Crippen LogP contribution in [-0.4, -0.2) is 11.8 Å². The average molecular weight is 331 g/mol. The van der Waals surface area contributed by atoms with Gasteiger partial charge in [0.05, 0.1) is 21.4 Å². The highest BCUT2D eigenvalue weighted by atomic mass is 35.5. The van der Waals surface area contributed by atoms with Crippen molar-refractivity contribution in [1.29, 1.82) is 0 Å². The largest absolute Gasteiger partial charge is 0.325 e. The standard InChI is InChI=1S/C15H20Cl2N2O2/c1-4-5-14(20)18-12-7-11(17)13(8-10(12)16)19-15(21)6-9(2)3/h7-9H,4-6H2,1-3H3,(H,18,20)(H,19,21). The lowest BCUT2D eigenvalue weighted by Gasteiger charge is -2.12. The molecule has 2 amide bonds. The van der Waals surface area contributed by atoms with Gasteiger partial charge in [-0.05, 0) is 24.5 Å². The van der Waals surface area contributed by atoms with Gasteiger partial charge in [0.25, 0.3) is 0 Å². The van der Waals surface area contributed by atoms with Crippen LogP contribution in [0, 0.1) is 5.92 Å². The lowest BCUT2D eigenvalue weighted by atomic mass is 10.1. The third kappa shape index (κ3) is 5.94. The highest BCUT2D eigenvalue weighted by Crippen LogP contribution is 2.33. The quantitative estimate of drug-likeness (QED) is 0.792. The molecular weight excluding hydrogens is 311 g/mol. The number of hydrogen-bond donors (Lipinski definition) is 2. The molecule has 21 heavy (non-hydrogen) atoms. The predicted octanol–water partition coefficient (Wildman–Crippen LogP) is 4.72. The Morgan fingerprint density at radius 3 is 1.95 bits per heavy atom. The third-order valence-corrected chi connectivity index (χ3v) is 3.30. The van der Waals surface area contributed by atoms with E-state index in [0.717, 1.165) is 6.42 Å². The second kappa shape index (κ2) is 8.25. The molecule has 4 nitrogen and oxygen atoms in total. The SMILES string of the molecule is CCCC(=O)Nc1cc(Cl)c(NC(=O)CC(C)C)cc1Cl. The van der Waals surface area contributed by atoms with Crippen molar-refractivity contribution in [2.45, 2.75) is 40.0 Å². The number of hydrogen-bond acceptors (Lipinski definition) is 2. The van der Waals surface area contributed by atoms with E-state index < -0.39 is 0 Å². The van der Waals surface area contributed by atoms with Crippen molar-refractivity contribution in [3.05, 3.63) is 22.2 Å². The van der Waals surface area contributed by atoms with E-state index >= 15 is 0 Å². The van der Waals surface area contributed by atoms with Gasteiger partial charge in [0.2, 0.25) is 11.8 Å². The maximum Gasteiger partial charge on any atom is 0.224 e. The van der Waals surface area contributed by atoms with E-state index in [1.54, 1.807) is 12.1 Å². The Morgan fingerprint density at radius 1 is 1.05 bits per heavy atom. The van der Waals surface area contributed by atoms with Crippen molar-refractivity contribution in [2.24, 2.45) is 5.92 Å². The van der Waals surface area contributed by atoms with Gasteiger partial charge in [-0.15, -0.1) is 0 Å². The van der Waals surface area contributed by atoms with E-state index in [9.17, 15) is 9.59 Å². The summed E-state index contributed by atoms with van der Waals surface area (Å²) in [5.41, 5.74) is 0.891. The highest BCUT2D eigenvalue weighted by molar-refractivity contribution is 6.38. The molecule has 0 unspecified atom stereocenters. The predicted molar refractivity (Wildman–Crippen MR) is 88.1 cm³/mol. The summed E-state index contributed by atoms with van der Waals surface area (Å²) in [6.45, 7) is 5.84. The highest BCUT2D eigenvalue weighted by Gasteiger charge is 2.12. The fraction of sp³-hybridized carbons (Fsp3) is 0.467. The van der Waals surface area contributed by atoms with Gasteiger partial charge >= 0.3 is 0 Å². The molecule has 1 aromatic carbocycles. The first-order valence-corrected chi connectivity index (χ1v) is 7.67. The number of carbonyl (C=O) groups is 2. The van der Waals surface area contributed by atoms with Crippen molar-refractivity contribution in [1.82, 2.24) is 0 Å². The Balaban J connectivity index is 2.84. The summed E-state index contributed by atoms with van der Waals surface area (Å²) in [5, 5.41) is 6.09. The van der Waals surface area contributed by atoms with Crippen molar-refractivity contribution in [2.75, 3.05) is 10.6 Å². The Bertz CT molecular complexity index is 531. The van der Waals surface area contributed by atoms with E-state index in [1.807, 2.05) is 20.8 Å². The van der Waals surface area contributed by atoms with Crippen LogP contribution in [0.3, 0.4) is 0 Å². The molecule has 0 atom stereocenters. The Morgan fingerprint density at radius 2 is 1.52 bits per heavy atom. The van der Waals surface area contributed by atoms with Gasteiger partial charge in [-0.1, -0.05) is 44.0 Å². The second-order valence-corrected chi connectivity index (χ2v) is 6.07. The summed E-state index contributed by atoms with van der Waals surface area (Å²) in [4.78, 5) is 23.3. The first-order valence-electron chi connectivity index (χ1n) is 6.92. The smallest absolute Gasteiger partial charge is 0.224 e.